The lowest BCUT2D eigenvalue weighted by atomic mass is 9.91. The first-order valence-corrected chi connectivity index (χ1v) is 6.37. The monoisotopic (exact) mass is 261 g/mol. The van der Waals surface area contributed by atoms with Crippen LogP contribution in [0.15, 0.2) is 27.4 Å². The van der Waals surface area contributed by atoms with Crippen molar-refractivity contribution in [3.05, 3.63) is 34.3 Å². The topological polar surface area (TPSA) is 72.4 Å². The van der Waals surface area contributed by atoms with Gasteiger partial charge in [-0.15, -0.1) is 0 Å². The van der Waals surface area contributed by atoms with E-state index in [0.29, 0.717) is 11.5 Å². The fraction of sp³-hybridized carbons (Fsp3) is 0.429. The molecule has 0 amide bonds. The molecule has 1 aliphatic rings. The summed E-state index contributed by atoms with van der Waals surface area (Å²) in [5, 5.41) is 9.01. The average Bonchev–Trinajstić information content (AvgIpc) is 3.15. The van der Waals surface area contributed by atoms with Crippen molar-refractivity contribution in [3.8, 4) is 0 Å². The van der Waals surface area contributed by atoms with Crippen molar-refractivity contribution in [3.63, 3.8) is 0 Å². The number of aliphatic carboxylic acids is 1. The molecule has 1 unspecified atom stereocenters. The maximum atomic E-state index is 11.4. The minimum absolute atomic E-state index is 0.0207. The van der Waals surface area contributed by atoms with Crippen LogP contribution in [0.3, 0.4) is 0 Å². The van der Waals surface area contributed by atoms with Crippen molar-refractivity contribution in [2.24, 2.45) is 13.0 Å². The molecule has 1 fully saturated rings. The normalized spacial score (nSPS) is 16.7. The van der Waals surface area contributed by atoms with Crippen molar-refractivity contribution in [2.75, 3.05) is 0 Å². The molecule has 2 aromatic rings. The van der Waals surface area contributed by atoms with E-state index in [1.54, 1.807) is 7.05 Å². The fourth-order valence-electron chi connectivity index (χ4n) is 2.62. The van der Waals surface area contributed by atoms with Gasteiger partial charge in [0.2, 0.25) is 0 Å². The van der Waals surface area contributed by atoms with Gasteiger partial charge in [-0.1, -0.05) is 6.07 Å². The quantitative estimate of drug-likeness (QED) is 0.914. The number of aryl methyl sites for hydroxylation is 1. The van der Waals surface area contributed by atoms with Crippen LogP contribution in [-0.2, 0) is 11.8 Å². The highest BCUT2D eigenvalue weighted by Gasteiger charge is 2.34. The van der Waals surface area contributed by atoms with Crippen LogP contribution in [0, 0.1) is 5.92 Å². The molecule has 0 aliphatic heterocycles. The van der Waals surface area contributed by atoms with Gasteiger partial charge in [-0.3, -0.25) is 9.36 Å². The lowest BCUT2D eigenvalue weighted by molar-refractivity contribution is -0.137. The molecule has 0 spiro atoms. The zero-order valence-corrected chi connectivity index (χ0v) is 10.6. The van der Waals surface area contributed by atoms with Crippen LogP contribution < -0.4 is 5.76 Å². The van der Waals surface area contributed by atoms with E-state index in [1.807, 2.05) is 18.2 Å². The molecule has 100 valence electrons. The summed E-state index contributed by atoms with van der Waals surface area (Å²) in [7, 11) is 1.66. The van der Waals surface area contributed by atoms with Crippen LogP contribution in [0.5, 0.6) is 0 Å². The van der Waals surface area contributed by atoms with Crippen LogP contribution in [0.4, 0.5) is 0 Å². The smallest absolute Gasteiger partial charge is 0.419 e. The molecule has 0 radical (unpaired) electrons. The molecular formula is C14H15NO4. The van der Waals surface area contributed by atoms with Gasteiger partial charge in [0, 0.05) is 7.05 Å². The molecule has 5 heteroatoms. The summed E-state index contributed by atoms with van der Waals surface area (Å²) in [4.78, 5) is 22.4. The molecule has 1 N–H and O–H groups in total. The van der Waals surface area contributed by atoms with E-state index in [0.717, 1.165) is 23.9 Å². The second-order valence-corrected chi connectivity index (χ2v) is 5.20. The standard InChI is InChI=1S/C14H15NO4/c1-15-11-5-4-9(6-12(11)19-14(15)18)10(7-13(16)17)8-2-3-8/h4-6,8,10H,2-3,7H2,1H3,(H,16,17). The minimum atomic E-state index is -0.786. The lowest BCUT2D eigenvalue weighted by Crippen LogP contribution is -2.09. The number of fused-ring (bicyclic) bond motifs is 1. The van der Waals surface area contributed by atoms with Gasteiger partial charge in [0.1, 0.15) is 0 Å². The Hall–Kier alpha value is -2.04. The van der Waals surface area contributed by atoms with Gasteiger partial charge in [0.25, 0.3) is 0 Å². The van der Waals surface area contributed by atoms with Gasteiger partial charge >= 0.3 is 11.7 Å². The Labute approximate surface area is 109 Å². The highest BCUT2D eigenvalue weighted by Crippen LogP contribution is 2.44. The summed E-state index contributed by atoms with van der Waals surface area (Å²) < 4.78 is 6.60. The number of hydrogen-bond donors (Lipinski definition) is 1. The van der Waals surface area contributed by atoms with Crippen LogP contribution >= 0.6 is 0 Å². The summed E-state index contributed by atoms with van der Waals surface area (Å²) in [5.41, 5.74) is 2.21. The second-order valence-electron chi connectivity index (χ2n) is 5.20. The van der Waals surface area contributed by atoms with E-state index in [1.165, 1.54) is 4.57 Å². The van der Waals surface area contributed by atoms with Gasteiger partial charge in [-0.25, -0.2) is 4.79 Å². The second kappa shape index (κ2) is 4.26. The Morgan fingerprint density at radius 2 is 2.26 bits per heavy atom. The number of hydrogen-bond acceptors (Lipinski definition) is 3. The van der Waals surface area contributed by atoms with Crippen LogP contribution in [0.25, 0.3) is 11.1 Å². The maximum absolute atomic E-state index is 11.4. The third-order valence-electron chi connectivity index (χ3n) is 3.83. The molecule has 5 nitrogen and oxygen atoms in total. The van der Waals surface area contributed by atoms with E-state index < -0.39 is 11.7 Å². The van der Waals surface area contributed by atoms with Crippen LogP contribution in [0.2, 0.25) is 0 Å². The molecule has 0 bridgehead atoms. The summed E-state index contributed by atoms with van der Waals surface area (Å²) >= 11 is 0. The van der Waals surface area contributed by atoms with Crippen LogP contribution in [0.1, 0.15) is 30.7 Å². The van der Waals surface area contributed by atoms with Gasteiger partial charge in [-0.05, 0) is 42.4 Å². The molecule has 1 aliphatic carbocycles. The molecule has 1 aromatic carbocycles. The Balaban J connectivity index is 2.03. The van der Waals surface area contributed by atoms with E-state index in [4.69, 9.17) is 9.52 Å². The zero-order chi connectivity index (χ0) is 13.6. The molecule has 0 saturated heterocycles. The first-order chi connectivity index (χ1) is 9.06. The maximum Gasteiger partial charge on any atom is 0.419 e. The average molecular weight is 261 g/mol. The van der Waals surface area contributed by atoms with Gasteiger partial charge in [0.05, 0.1) is 11.9 Å². The van der Waals surface area contributed by atoms with Gasteiger partial charge < -0.3 is 9.52 Å². The number of oxazole rings is 1. The van der Waals surface area contributed by atoms with E-state index in [9.17, 15) is 9.59 Å². The molecule has 1 saturated carbocycles. The molecule has 1 aromatic heterocycles. The SMILES string of the molecule is Cn1c(=O)oc2cc(C(CC(=O)O)C3CC3)ccc21. The number of carbonyl (C=O) groups is 1. The number of carboxylic acids is 1. The molecule has 1 heterocycles. The van der Waals surface area contributed by atoms with Gasteiger partial charge in [-0.2, -0.15) is 0 Å². The Morgan fingerprint density at radius 3 is 2.89 bits per heavy atom. The van der Waals surface area contributed by atoms with E-state index in [2.05, 4.69) is 0 Å². The zero-order valence-electron chi connectivity index (χ0n) is 10.6. The summed E-state index contributed by atoms with van der Waals surface area (Å²) in [6.07, 6.45) is 2.29. The Morgan fingerprint density at radius 1 is 1.53 bits per heavy atom. The summed E-state index contributed by atoms with van der Waals surface area (Å²) in [6, 6.07) is 5.54. The van der Waals surface area contributed by atoms with E-state index in [-0.39, 0.29) is 12.3 Å². The van der Waals surface area contributed by atoms with E-state index >= 15 is 0 Å². The Kier molecular flexibility index (Phi) is 2.69. The molecular weight excluding hydrogens is 246 g/mol. The van der Waals surface area contributed by atoms with Crippen molar-refractivity contribution < 1.29 is 14.3 Å². The van der Waals surface area contributed by atoms with Crippen molar-refractivity contribution in [2.45, 2.75) is 25.2 Å². The predicted molar refractivity (Wildman–Crippen MR) is 69.2 cm³/mol. The molecule has 1 atom stereocenters. The first kappa shape index (κ1) is 12.0. The van der Waals surface area contributed by atoms with Gasteiger partial charge in [0.15, 0.2) is 5.58 Å². The third-order valence-corrected chi connectivity index (χ3v) is 3.83. The predicted octanol–water partition coefficient (Wildman–Crippen LogP) is 2.10. The minimum Gasteiger partial charge on any atom is -0.481 e. The first-order valence-electron chi connectivity index (χ1n) is 6.37. The Bertz CT molecular complexity index is 693. The van der Waals surface area contributed by atoms with Crippen molar-refractivity contribution in [1.82, 2.24) is 4.57 Å². The number of nitrogens with zero attached hydrogens (tertiary/aromatic N) is 1. The van der Waals surface area contributed by atoms with Crippen molar-refractivity contribution >= 4 is 17.1 Å². The molecule has 3 rings (SSSR count). The largest absolute Gasteiger partial charge is 0.481 e. The molecule has 19 heavy (non-hydrogen) atoms. The number of benzene rings is 1. The highest BCUT2D eigenvalue weighted by atomic mass is 16.4. The lowest BCUT2D eigenvalue weighted by Gasteiger charge is -2.14. The number of aromatic nitrogens is 1. The number of carboxylic acid groups (broad SMARTS) is 1. The fourth-order valence-corrected chi connectivity index (χ4v) is 2.62. The van der Waals surface area contributed by atoms with Crippen molar-refractivity contribution in [1.29, 1.82) is 0 Å². The third kappa shape index (κ3) is 2.16. The number of rotatable bonds is 4. The summed E-state index contributed by atoms with van der Waals surface area (Å²) in [5.74, 6) is -0.712. The summed E-state index contributed by atoms with van der Waals surface area (Å²) in [6.45, 7) is 0. The highest BCUT2D eigenvalue weighted by molar-refractivity contribution is 5.74. The van der Waals surface area contributed by atoms with Crippen LogP contribution in [-0.4, -0.2) is 15.6 Å².